The second kappa shape index (κ2) is 7.91. The molecular formula is C21H25ClFN5O2. The lowest BCUT2D eigenvalue weighted by Gasteiger charge is -2.24. The van der Waals surface area contributed by atoms with Gasteiger partial charge in [0, 0.05) is 37.8 Å². The van der Waals surface area contributed by atoms with Gasteiger partial charge >= 0.3 is 5.69 Å². The van der Waals surface area contributed by atoms with E-state index in [0.29, 0.717) is 23.1 Å². The molecule has 1 fully saturated rings. The number of aromatic nitrogens is 4. The second-order valence-corrected chi connectivity index (χ2v) is 8.37. The minimum atomic E-state index is -0.456. The normalized spacial score (nSPS) is 13.9. The zero-order valence-electron chi connectivity index (χ0n) is 17.4. The minimum absolute atomic E-state index is 0.0513. The summed E-state index contributed by atoms with van der Waals surface area (Å²) in [5, 5.41) is 0.286. The Morgan fingerprint density at radius 1 is 1.23 bits per heavy atom. The maximum atomic E-state index is 14.6. The zero-order valence-corrected chi connectivity index (χ0v) is 18.1. The first kappa shape index (κ1) is 20.7. The summed E-state index contributed by atoms with van der Waals surface area (Å²) in [4.78, 5) is 32.3. The largest absolute Gasteiger partial charge is 0.342 e. The lowest BCUT2D eigenvalue weighted by molar-refractivity contribution is 0.596. The molecule has 7 nitrogen and oxygen atoms in total. The van der Waals surface area contributed by atoms with E-state index in [1.165, 1.54) is 30.5 Å². The van der Waals surface area contributed by atoms with E-state index < -0.39 is 17.1 Å². The lowest BCUT2D eigenvalue weighted by atomic mass is 10.2. The number of rotatable bonds is 7. The van der Waals surface area contributed by atoms with Gasteiger partial charge in [-0.25, -0.2) is 9.18 Å². The molecule has 30 heavy (non-hydrogen) atoms. The third kappa shape index (κ3) is 3.53. The Morgan fingerprint density at radius 2 is 1.97 bits per heavy atom. The van der Waals surface area contributed by atoms with Crippen LogP contribution < -0.4 is 16.1 Å². The van der Waals surface area contributed by atoms with Crippen LogP contribution in [0.4, 0.5) is 10.3 Å². The molecule has 3 aromatic rings. The molecule has 2 aromatic heterocycles. The summed E-state index contributed by atoms with van der Waals surface area (Å²) in [5.74, 6) is 0.714. The first-order valence-corrected chi connectivity index (χ1v) is 10.5. The fourth-order valence-electron chi connectivity index (χ4n) is 3.82. The van der Waals surface area contributed by atoms with Gasteiger partial charge in [-0.3, -0.25) is 18.5 Å². The van der Waals surface area contributed by atoms with E-state index in [2.05, 4.69) is 11.8 Å². The standard InChI is InChI=1S/C21H25ClFN5O2/c1-4-10-27(11-13-8-9-13)20-24-18-17(19(29)26(3)21(30)25(18)2)28(20)12-14-15(22)6-5-7-16(14)23/h5-7,13H,4,8-12H2,1-3H3. The van der Waals surface area contributed by atoms with Crippen LogP contribution in [0.15, 0.2) is 27.8 Å². The van der Waals surface area contributed by atoms with Gasteiger partial charge in [-0.05, 0) is 37.3 Å². The maximum absolute atomic E-state index is 14.6. The number of fused-ring (bicyclic) bond motifs is 1. The van der Waals surface area contributed by atoms with Crippen LogP contribution in [0.2, 0.25) is 5.02 Å². The zero-order chi connectivity index (χ0) is 21.6. The van der Waals surface area contributed by atoms with Crippen molar-refractivity contribution < 1.29 is 4.39 Å². The first-order chi connectivity index (χ1) is 14.3. The number of benzene rings is 1. The Hall–Kier alpha value is -2.61. The highest BCUT2D eigenvalue weighted by atomic mass is 35.5. The summed E-state index contributed by atoms with van der Waals surface area (Å²) >= 11 is 6.29. The minimum Gasteiger partial charge on any atom is -0.342 e. The van der Waals surface area contributed by atoms with Crippen molar-refractivity contribution in [3.05, 3.63) is 55.4 Å². The molecule has 160 valence electrons. The Balaban J connectivity index is 1.99. The monoisotopic (exact) mass is 433 g/mol. The molecule has 1 aliphatic carbocycles. The highest BCUT2D eigenvalue weighted by molar-refractivity contribution is 6.31. The number of hydrogen-bond donors (Lipinski definition) is 0. The van der Waals surface area contributed by atoms with Crippen molar-refractivity contribution in [1.82, 2.24) is 18.7 Å². The molecule has 9 heteroatoms. The number of hydrogen-bond acceptors (Lipinski definition) is 4. The molecule has 0 amide bonds. The summed E-state index contributed by atoms with van der Waals surface area (Å²) in [7, 11) is 3.03. The van der Waals surface area contributed by atoms with Gasteiger partial charge < -0.3 is 4.90 Å². The van der Waals surface area contributed by atoms with Gasteiger partial charge in [0.05, 0.1) is 6.54 Å². The number of aryl methyl sites for hydroxylation is 1. The van der Waals surface area contributed by atoms with E-state index in [4.69, 9.17) is 16.6 Å². The second-order valence-electron chi connectivity index (χ2n) is 7.97. The van der Waals surface area contributed by atoms with E-state index in [1.54, 1.807) is 23.7 Å². The molecule has 0 saturated heterocycles. The Morgan fingerprint density at radius 3 is 2.60 bits per heavy atom. The highest BCUT2D eigenvalue weighted by Crippen LogP contribution is 2.32. The number of nitrogens with zero attached hydrogens (tertiary/aromatic N) is 5. The molecule has 0 N–H and O–H groups in total. The van der Waals surface area contributed by atoms with Gasteiger partial charge in [0.15, 0.2) is 11.2 Å². The predicted octanol–water partition coefficient (Wildman–Crippen LogP) is 2.90. The van der Waals surface area contributed by atoms with Crippen LogP contribution in [0.25, 0.3) is 11.2 Å². The van der Waals surface area contributed by atoms with E-state index >= 15 is 0 Å². The van der Waals surface area contributed by atoms with Crippen LogP contribution in [-0.2, 0) is 20.6 Å². The smallest absolute Gasteiger partial charge is 0.332 e. The van der Waals surface area contributed by atoms with Crippen LogP contribution in [0, 0.1) is 11.7 Å². The lowest BCUT2D eigenvalue weighted by Crippen LogP contribution is -2.37. The van der Waals surface area contributed by atoms with E-state index in [-0.39, 0.29) is 17.1 Å². The van der Waals surface area contributed by atoms with Gasteiger partial charge in [-0.1, -0.05) is 24.6 Å². The van der Waals surface area contributed by atoms with Crippen LogP contribution in [0.5, 0.6) is 0 Å². The Kier molecular flexibility index (Phi) is 5.44. The van der Waals surface area contributed by atoms with Crippen molar-refractivity contribution in [2.75, 3.05) is 18.0 Å². The molecule has 0 aliphatic heterocycles. The summed E-state index contributed by atoms with van der Waals surface area (Å²) in [6.07, 6.45) is 3.23. The van der Waals surface area contributed by atoms with Crippen molar-refractivity contribution in [2.24, 2.45) is 20.0 Å². The van der Waals surface area contributed by atoms with Gasteiger partial charge in [0.2, 0.25) is 5.95 Å². The molecule has 0 bridgehead atoms. The summed E-state index contributed by atoms with van der Waals surface area (Å²) in [6.45, 7) is 3.70. The van der Waals surface area contributed by atoms with E-state index in [9.17, 15) is 14.0 Å². The predicted molar refractivity (Wildman–Crippen MR) is 116 cm³/mol. The fourth-order valence-corrected chi connectivity index (χ4v) is 4.05. The van der Waals surface area contributed by atoms with Crippen LogP contribution >= 0.6 is 11.6 Å². The average molecular weight is 434 g/mol. The van der Waals surface area contributed by atoms with Crippen molar-refractivity contribution in [1.29, 1.82) is 0 Å². The maximum Gasteiger partial charge on any atom is 0.332 e. The van der Waals surface area contributed by atoms with Crippen molar-refractivity contribution >= 4 is 28.7 Å². The number of imidazole rings is 1. The molecule has 0 atom stereocenters. The molecule has 0 radical (unpaired) electrons. The molecule has 1 saturated carbocycles. The molecule has 2 heterocycles. The van der Waals surface area contributed by atoms with Crippen LogP contribution in [-0.4, -0.2) is 31.8 Å². The van der Waals surface area contributed by atoms with Crippen molar-refractivity contribution in [3.8, 4) is 0 Å². The molecule has 0 unspecified atom stereocenters. The Bertz CT molecular complexity index is 1200. The molecule has 1 aromatic carbocycles. The van der Waals surface area contributed by atoms with Gasteiger partial charge in [0.25, 0.3) is 5.56 Å². The van der Waals surface area contributed by atoms with Crippen molar-refractivity contribution in [3.63, 3.8) is 0 Å². The number of halogens is 2. The highest BCUT2D eigenvalue weighted by Gasteiger charge is 2.29. The van der Waals surface area contributed by atoms with Crippen LogP contribution in [0.1, 0.15) is 31.7 Å². The summed E-state index contributed by atoms with van der Waals surface area (Å²) in [5.41, 5.74) is -0.0502. The summed E-state index contributed by atoms with van der Waals surface area (Å²) in [6, 6.07) is 4.52. The number of anilines is 1. The fraction of sp³-hybridized carbons (Fsp3) is 0.476. The molecular weight excluding hydrogens is 409 g/mol. The van der Waals surface area contributed by atoms with Gasteiger partial charge in [-0.2, -0.15) is 4.98 Å². The third-order valence-electron chi connectivity index (χ3n) is 5.66. The van der Waals surface area contributed by atoms with Gasteiger partial charge in [-0.15, -0.1) is 0 Å². The van der Waals surface area contributed by atoms with Crippen molar-refractivity contribution in [2.45, 2.75) is 32.7 Å². The topological polar surface area (TPSA) is 65.1 Å². The Labute approximate surface area is 178 Å². The quantitative estimate of drug-likeness (QED) is 0.574. The van der Waals surface area contributed by atoms with Crippen LogP contribution in [0.3, 0.4) is 0 Å². The van der Waals surface area contributed by atoms with E-state index in [1.807, 2.05) is 0 Å². The first-order valence-electron chi connectivity index (χ1n) is 10.2. The van der Waals surface area contributed by atoms with E-state index in [0.717, 1.165) is 24.1 Å². The molecule has 0 spiro atoms. The third-order valence-corrected chi connectivity index (χ3v) is 6.01. The molecule has 4 rings (SSSR count). The SMILES string of the molecule is CCCN(CC1CC1)c1nc2c(c(=O)n(C)c(=O)n2C)n1Cc1c(F)cccc1Cl. The average Bonchev–Trinajstić information content (AvgIpc) is 3.45. The summed E-state index contributed by atoms with van der Waals surface area (Å²) < 4.78 is 18.7. The van der Waals surface area contributed by atoms with Gasteiger partial charge in [0.1, 0.15) is 5.82 Å². The molecule has 1 aliphatic rings.